The van der Waals surface area contributed by atoms with E-state index in [4.69, 9.17) is 0 Å². The monoisotopic (exact) mass is 639 g/mol. The Morgan fingerprint density at radius 3 is 1.44 bits per heavy atom. The summed E-state index contributed by atoms with van der Waals surface area (Å²) in [6.45, 7) is 6.90. The fourth-order valence-corrected chi connectivity index (χ4v) is 7.56. The van der Waals surface area contributed by atoms with Crippen molar-refractivity contribution in [2.24, 2.45) is 0 Å². The van der Waals surface area contributed by atoms with Gasteiger partial charge in [-0.3, -0.25) is 4.98 Å². The number of hydrogen-bond donors (Lipinski definition) is 0. The highest BCUT2D eigenvalue weighted by atomic mass is 14.7. The molecule has 0 amide bonds. The molecule has 1 aromatic heterocycles. The zero-order chi connectivity index (χ0) is 33.8. The van der Waals surface area contributed by atoms with Crippen LogP contribution in [-0.2, 0) is 5.41 Å². The van der Waals surface area contributed by atoms with Crippen LogP contribution in [0.1, 0.15) is 26.3 Å². The van der Waals surface area contributed by atoms with Crippen LogP contribution in [0, 0.1) is 0 Å². The number of nitrogens with zero attached hydrogens (tertiary/aromatic N) is 1. The van der Waals surface area contributed by atoms with E-state index in [1.165, 1.54) is 82.4 Å². The van der Waals surface area contributed by atoms with Crippen LogP contribution >= 0.6 is 0 Å². The van der Waals surface area contributed by atoms with E-state index in [0.717, 1.165) is 11.3 Å². The fraction of sp³-hybridized carbons (Fsp3) is 0.0816. The van der Waals surface area contributed by atoms with Gasteiger partial charge >= 0.3 is 0 Å². The van der Waals surface area contributed by atoms with Gasteiger partial charge in [0.15, 0.2) is 0 Å². The molecule has 0 aliphatic rings. The van der Waals surface area contributed by atoms with Gasteiger partial charge in [0.2, 0.25) is 0 Å². The van der Waals surface area contributed by atoms with Crippen LogP contribution in [0.2, 0.25) is 0 Å². The highest BCUT2D eigenvalue weighted by Gasteiger charge is 2.21. The molecule has 9 rings (SSSR count). The SMILES string of the molecule is CC(C)(C)c1cc2ccc3c(-c4ccc(-c5ccccn5)cc4)cc(-c4cc(-c5ccccc5)cc(-c5ccccc5)c4)c4ccc(c1)c2c34. The van der Waals surface area contributed by atoms with E-state index in [2.05, 4.69) is 177 Å². The Kier molecular flexibility index (Phi) is 7.10. The smallest absolute Gasteiger partial charge is 0.0701 e. The Hall–Kier alpha value is -6.05. The molecule has 238 valence electrons. The molecule has 0 N–H and O–H groups in total. The lowest BCUT2D eigenvalue weighted by Gasteiger charge is -2.23. The second-order valence-electron chi connectivity index (χ2n) is 14.4. The van der Waals surface area contributed by atoms with Crippen molar-refractivity contribution < 1.29 is 0 Å². The van der Waals surface area contributed by atoms with Crippen molar-refractivity contribution in [3.05, 3.63) is 176 Å². The standard InChI is InChI=1S/C49H37N/c1-49(2,3)41-29-36-21-23-42-44(34-17-19-35(20-18-34)46-16-10-11-25-50-46)31-45(43-24-22-37(30-41)47(36)48(42)43)40-27-38(32-12-6-4-7-13-32)26-39(28-40)33-14-8-5-9-15-33/h4-31H,1-3H3. The summed E-state index contributed by atoms with van der Waals surface area (Å²) < 4.78 is 0. The molecule has 1 heterocycles. The average Bonchev–Trinajstić information content (AvgIpc) is 3.17. The Morgan fingerprint density at radius 1 is 0.380 bits per heavy atom. The maximum absolute atomic E-state index is 4.60. The lowest BCUT2D eigenvalue weighted by Crippen LogP contribution is -2.10. The zero-order valence-electron chi connectivity index (χ0n) is 28.6. The molecule has 0 bridgehead atoms. The molecule has 0 saturated carbocycles. The molecular formula is C49H37N. The van der Waals surface area contributed by atoms with Crippen LogP contribution < -0.4 is 0 Å². The first kappa shape index (κ1) is 30.0. The first-order valence-corrected chi connectivity index (χ1v) is 17.4. The van der Waals surface area contributed by atoms with E-state index in [1.807, 2.05) is 18.3 Å². The Labute approximate surface area is 293 Å². The van der Waals surface area contributed by atoms with Crippen molar-refractivity contribution in [3.63, 3.8) is 0 Å². The zero-order valence-corrected chi connectivity index (χ0v) is 28.6. The minimum atomic E-state index is 0.0574. The predicted octanol–water partition coefficient (Wildman–Crippen LogP) is 13.6. The van der Waals surface area contributed by atoms with Gasteiger partial charge in [0, 0.05) is 11.8 Å². The minimum absolute atomic E-state index is 0.0574. The van der Waals surface area contributed by atoms with Crippen molar-refractivity contribution in [1.29, 1.82) is 0 Å². The lowest BCUT2D eigenvalue weighted by atomic mass is 9.81. The van der Waals surface area contributed by atoms with Crippen molar-refractivity contribution in [2.75, 3.05) is 0 Å². The van der Waals surface area contributed by atoms with E-state index >= 15 is 0 Å². The molecule has 0 spiro atoms. The molecule has 0 atom stereocenters. The van der Waals surface area contributed by atoms with Crippen molar-refractivity contribution in [1.82, 2.24) is 4.98 Å². The maximum Gasteiger partial charge on any atom is 0.0701 e. The predicted molar refractivity (Wildman–Crippen MR) is 214 cm³/mol. The molecule has 0 saturated heterocycles. The van der Waals surface area contributed by atoms with Crippen LogP contribution in [0.3, 0.4) is 0 Å². The summed E-state index contributed by atoms with van der Waals surface area (Å²) in [5.41, 5.74) is 13.2. The quantitative estimate of drug-likeness (QED) is 0.171. The summed E-state index contributed by atoms with van der Waals surface area (Å²) >= 11 is 0. The molecule has 0 aliphatic heterocycles. The van der Waals surface area contributed by atoms with E-state index in [9.17, 15) is 0 Å². The van der Waals surface area contributed by atoms with Crippen molar-refractivity contribution >= 4 is 32.3 Å². The first-order valence-electron chi connectivity index (χ1n) is 17.4. The van der Waals surface area contributed by atoms with Crippen LogP contribution in [0.5, 0.6) is 0 Å². The highest BCUT2D eigenvalue weighted by molar-refractivity contribution is 6.28. The molecule has 0 aliphatic carbocycles. The molecule has 0 unspecified atom stereocenters. The first-order chi connectivity index (χ1) is 24.4. The molecule has 9 aromatic rings. The third-order valence-electron chi connectivity index (χ3n) is 10.2. The van der Waals surface area contributed by atoms with Gasteiger partial charge in [0.25, 0.3) is 0 Å². The molecule has 8 aromatic carbocycles. The summed E-state index contributed by atoms with van der Waals surface area (Å²) in [6, 6.07) is 60.2. The normalized spacial score (nSPS) is 11.9. The van der Waals surface area contributed by atoms with Crippen molar-refractivity contribution in [2.45, 2.75) is 26.2 Å². The number of pyridine rings is 1. The number of hydrogen-bond acceptors (Lipinski definition) is 1. The average molecular weight is 640 g/mol. The molecule has 1 heteroatoms. The van der Waals surface area contributed by atoms with E-state index in [-0.39, 0.29) is 5.41 Å². The second kappa shape index (κ2) is 11.8. The third-order valence-corrected chi connectivity index (χ3v) is 10.2. The summed E-state index contributed by atoms with van der Waals surface area (Å²) in [5.74, 6) is 0. The fourth-order valence-electron chi connectivity index (χ4n) is 7.56. The second-order valence-corrected chi connectivity index (χ2v) is 14.4. The van der Waals surface area contributed by atoms with Crippen LogP contribution in [0.15, 0.2) is 170 Å². The van der Waals surface area contributed by atoms with Gasteiger partial charge in [-0.25, -0.2) is 0 Å². The van der Waals surface area contributed by atoms with Gasteiger partial charge in [-0.05, 0) is 124 Å². The Balaban J connectivity index is 1.35. The van der Waals surface area contributed by atoms with Crippen molar-refractivity contribution in [3.8, 4) is 55.8 Å². The van der Waals surface area contributed by atoms with Gasteiger partial charge in [-0.15, -0.1) is 0 Å². The number of benzene rings is 8. The summed E-state index contributed by atoms with van der Waals surface area (Å²) in [5, 5.41) is 7.80. The molecule has 1 nitrogen and oxygen atoms in total. The van der Waals surface area contributed by atoms with E-state index in [0.29, 0.717) is 0 Å². The maximum atomic E-state index is 4.60. The largest absolute Gasteiger partial charge is 0.256 e. The van der Waals surface area contributed by atoms with Gasteiger partial charge in [0.1, 0.15) is 0 Å². The van der Waals surface area contributed by atoms with Gasteiger partial charge in [0.05, 0.1) is 5.69 Å². The molecular weight excluding hydrogens is 603 g/mol. The number of rotatable bonds is 5. The van der Waals surface area contributed by atoms with Crippen LogP contribution in [0.25, 0.3) is 88.1 Å². The lowest BCUT2D eigenvalue weighted by molar-refractivity contribution is 0.591. The molecule has 50 heavy (non-hydrogen) atoms. The Bertz CT molecular complexity index is 2550. The van der Waals surface area contributed by atoms with Gasteiger partial charge in [-0.2, -0.15) is 0 Å². The third kappa shape index (κ3) is 5.23. The summed E-state index contributed by atoms with van der Waals surface area (Å²) in [7, 11) is 0. The topological polar surface area (TPSA) is 12.9 Å². The van der Waals surface area contributed by atoms with Crippen LogP contribution in [0.4, 0.5) is 0 Å². The highest BCUT2D eigenvalue weighted by Crippen LogP contribution is 2.46. The van der Waals surface area contributed by atoms with E-state index < -0.39 is 0 Å². The number of aromatic nitrogens is 1. The van der Waals surface area contributed by atoms with Gasteiger partial charge < -0.3 is 0 Å². The van der Waals surface area contributed by atoms with E-state index in [1.54, 1.807) is 0 Å². The minimum Gasteiger partial charge on any atom is -0.256 e. The van der Waals surface area contributed by atoms with Crippen LogP contribution in [-0.4, -0.2) is 4.98 Å². The summed E-state index contributed by atoms with van der Waals surface area (Å²) in [6.07, 6.45) is 1.86. The molecule has 0 fully saturated rings. The Morgan fingerprint density at radius 2 is 0.900 bits per heavy atom. The summed E-state index contributed by atoms with van der Waals surface area (Å²) in [4.78, 5) is 4.60. The van der Waals surface area contributed by atoms with Gasteiger partial charge in [-0.1, -0.05) is 148 Å². The molecule has 0 radical (unpaired) electrons.